The first-order valence-electron chi connectivity index (χ1n) is 7.78. The average Bonchev–Trinajstić information content (AvgIpc) is 2.98. The molecule has 0 unspecified atom stereocenters. The van der Waals surface area contributed by atoms with Crippen molar-refractivity contribution in [2.75, 3.05) is 26.7 Å². The quantitative estimate of drug-likeness (QED) is 0.449. The Bertz CT molecular complexity index is 456. The molecule has 1 saturated heterocycles. The minimum atomic E-state index is 0. The van der Waals surface area contributed by atoms with E-state index in [1.165, 1.54) is 0 Å². The van der Waals surface area contributed by atoms with Crippen molar-refractivity contribution in [1.82, 2.24) is 15.4 Å². The lowest BCUT2D eigenvalue weighted by molar-refractivity contribution is 0.0263. The average molecular weight is 422 g/mol. The van der Waals surface area contributed by atoms with E-state index in [4.69, 9.17) is 9.26 Å². The molecule has 1 aliphatic heterocycles. The second-order valence-electron chi connectivity index (χ2n) is 5.18. The molecule has 2 rings (SSSR count). The highest BCUT2D eigenvalue weighted by Crippen LogP contribution is 2.14. The van der Waals surface area contributed by atoms with Crippen LogP contribution in [-0.2, 0) is 17.7 Å². The van der Waals surface area contributed by atoms with Gasteiger partial charge in [0.2, 0.25) is 0 Å². The number of halogens is 1. The van der Waals surface area contributed by atoms with Crippen LogP contribution >= 0.6 is 24.0 Å². The van der Waals surface area contributed by atoms with E-state index < -0.39 is 0 Å². The van der Waals surface area contributed by atoms with Crippen LogP contribution in [0.25, 0.3) is 0 Å². The number of likely N-dealkylation sites (tertiary alicyclic amines) is 1. The van der Waals surface area contributed by atoms with Crippen molar-refractivity contribution in [2.45, 2.75) is 45.8 Å². The predicted octanol–water partition coefficient (Wildman–Crippen LogP) is 2.43. The zero-order valence-corrected chi connectivity index (χ0v) is 16.0. The molecule has 0 atom stereocenters. The molecule has 1 aliphatic rings. The Morgan fingerprint density at radius 1 is 1.45 bits per heavy atom. The monoisotopic (exact) mass is 422 g/mol. The van der Waals surface area contributed by atoms with Crippen LogP contribution in [-0.4, -0.2) is 48.9 Å². The molecule has 6 nitrogen and oxygen atoms in total. The summed E-state index contributed by atoms with van der Waals surface area (Å²) >= 11 is 0. The summed E-state index contributed by atoms with van der Waals surface area (Å²) < 4.78 is 11.0. The second-order valence-corrected chi connectivity index (χ2v) is 5.18. The number of ether oxygens (including phenoxy) is 1. The van der Waals surface area contributed by atoms with Crippen LogP contribution in [0.1, 0.15) is 38.1 Å². The molecular formula is C15H27IN4O2. The summed E-state index contributed by atoms with van der Waals surface area (Å²) in [6.07, 6.45) is 3.39. The fourth-order valence-electron chi connectivity index (χ4n) is 2.57. The lowest BCUT2D eigenvalue weighted by Crippen LogP contribution is -2.46. The maximum Gasteiger partial charge on any atom is 0.194 e. The van der Waals surface area contributed by atoms with Gasteiger partial charge in [0.25, 0.3) is 0 Å². The maximum absolute atomic E-state index is 5.68. The summed E-state index contributed by atoms with van der Waals surface area (Å²) in [6, 6.07) is 1.99. The summed E-state index contributed by atoms with van der Waals surface area (Å²) in [7, 11) is 1.81. The largest absolute Gasteiger partial charge is 0.378 e. The highest BCUT2D eigenvalue weighted by Gasteiger charge is 2.21. The van der Waals surface area contributed by atoms with Gasteiger partial charge < -0.3 is 19.5 Å². The van der Waals surface area contributed by atoms with Crippen LogP contribution in [0.5, 0.6) is 0 Å². The first kappa shape index (κ1) is 19.2. The van der Waals surface area contributed by atoms with Gasteiger partial charge in [0.15, 0.2) is 11.7 Å². The molecule has 0 aromatic carbocycles. The van der Waals surface area contributed by atoms with Crippen molar-refractivity contribution < 1.29 is 9.26 Å². The van der Waals surface area contributed by atoms with Crippen LogP contribution < -0.4 is 5.32 Å². The molecule has 1 aromatic heterocycles. The molecule has 0 aliphatic carbocycles. The number of aliphatic imine (C=N–C) groups is 1. The van der Waals surface area contributed by atoms with Crippen LogP contribution in [0.15, 0.2) is 15.6 Å². The molecule has 2 heterocycles. The van der Waals surface area contributed by atoms with Crippen molar-refractivity contribution >= 4 is 29.9 Å². The molecule has 7 heteroatoms. The number of hydrogen-bond acceptors (Lipinski definition) is 4. The second kappa shape index (κ2) is 10.0. The summed E-state index contributed by atoms with van der Waals surface area (Å²) in [5, 5.41) is 7.34. The number of rotatable bonds is 5. The number of aromatic nitrogens is 1. The lowest BCUT2D eigenvalue weighted by Gasteiger charge is -2.33. The molecule has 0 spiro atoms. The third-order valence-corrected chi connectivity index (χ3v) is 3.75. The van der Waals surface area contributed by atoms with E-state index in [0.717, 1.165) is 56.4 Å². The van der Waals surface area contributed by atoms with Gasteiger partial charge in [-0.05, 0) is 26.2 Å². The summed E-state index contributed by atoms with van der Waals surface area (Å²) in [5.41, 5.74) is 0.985. The molecule has 1 aromatic rings. The fourth-order valence-corrected chi connectivity index (χ4v) is 2.57. The number of nitrogens with one attached hydrogen (secondary N) is 1. The van der Waals surface area contributed by atoms with E-state index in [1.807, 2.05) is 13.1 Å². The molecular weight excluding hydrogens is 395 g/mol. The lowest BCUT2D eigenvalue weighted by atomic mass is 10.1. The molecule has 0 bridgehead atoms. The molecule has 1 fully saturated rings. The van der Waals surface area contributed by atoms with Gasteiger partial charge in [-0.2, -0.15) is 0 Å². The highest BCUT2D eigenvalue weighted by atomic mass is 127. The summed E-state index contributed by atoms with van der Waals surface area (Å²) in [5.74, 6) is 1.76. The first-order valence-corrected chi connectivity index (χ1v) is 7.78. The predicted molar refractivity (Wildman–Crippen MR) is 97.7 cm³/mol. The molecule has 0 amide bonds. The van der Waals surface area contributed by atoms with E-state index in [0.29, 0.717) is 12.6 Å². The Morgan fingerprint density at radius 2 is 2.18 bits per heavy atom. The number of hydrogen-bond donors (Lipinski definition) is 1. The normalized spacial score (nSPS) is 16.5. The summed E-state index contributed by atoms with van der Waals surface area (Å²) in [6.45, 7) is 7.47. The first-order chi connectivity index (χ1) is 10.3. The van der Waals surface area contributed by atoms with Gasteiger partial charge in [-0.25, -0.2) is 0 Å². The Kier molecular flexibility index (Phi) is 8.77. The minimum absolute atomic E-state index is 0. The van der Waals surface area contributed by atoms with Gasteiger partial charge in [0, 0.05) is 32.8 Å². The Hall–Kier alpha value is -0.830. The van der Waals surface area contributed by atoms with Crippen LogP contribution in [0.2, 0.25) is 0 Å². The third-order valence-electron chi connectivity index (χ3n) is 3.75. The van der Waals surface area contributed by atoms with Gasteiger partial charge in [-0.1, -0.05) is 12.1 Å². The summed E-state index contributed by atoms with van der Waals surface area (Å²) in [4.78, 5) is 6.62. The van der Waals surface area contributed by atoms with Gasteiger partial charge in [-0.15, -0.1) is 24.0 Å². The van der Waals surface area contributed by atoms with Gasteiger partial charge in [0.05, 0.1) is 18.3 Å². The van der Waals surface area contributed by atoms with E-state index in [9.17, 15) is 0 Å². The van der Waals surface area contributed by atoms with Crippen molar-refractivity contribution in [3.05, 3.63) is 17.5 Å². The van der Waals surface area contributed by atoms with Crippen molar-refractivity contribution in [3.8, 4) is 0 Å². The standard InChI is InChI=1S/C15H26N4O2.HI/c1-4-12-10-14(21-18-12)11-17-15(16-3)19-8-6-13(7-9-19)20-5-2;/h10,13H,4-9,11H2,1-3H3,(H,16,17);1H. The molecule has 126 valence electrons. The number of nitrogens with zero attached hydrogens (tertiary/aromatic N) is 3. The topological polar surface area (TPSA) is 62.9 Å². The Morgan fingerprint density at radius 3 is 2.73 bits per heavy atom. The number of piperidine rings is 1. The van der Waals surface area contributed by atoms with E-state index in [-0.39, 0.29) is 24.0 Å². The van der Waals surface area contributed by atoms with Gasteiger partial charge in [-0.3, -0.25) is 4.99 Å². The molecule has 1 N–H and O–H groups in total. The number of aryl methyl sites for hydroxylation is 1. The van der Waals surface area contributed by atoms with E-state index in [2.05, 4.69) is 34.2 Å². The molecule has 22 heavy (non-hydrogen) atoms. The van der Waals surface area contributed by atoms with Crippen molar-refractivity contribution in [2.24, 2.45) is 4.99 Å². The van der Waals surface area contributed by atoms with E-state index >= 15 is 0 Å². The zero-order valence-electron chi connectivity index (χ0n) is 13.7. The Balaban J connectivity index is 0.00000242. The van der Waals surface area contributed by atoms with Crippen molar-refractivity contribution in [1.29, 1.82) is 0 Å². The third kappa shape index (κ3) is 5.42. The van der Waals surface area contributed by atoms with Crippen LogP contribution in [0.3, 0.4) is 0 Å². The zero-order chi connectivity index (χ0) is 15.1. The van der Waals surface area contributed by atoms with Crippen LogP contribution in [0.4, 0.5) is 0 Å². The van der Waals surface area contributed by atoms with Gasteiger partial charge in [0.1, 0.15) is 0 Å². The molecule has 0 saturated carbocycles. The highest BCUT2D eigenvalue weighted by molar-refractivity contribution is 14.0. The maximum atomic E-state index is 5.68. The SMILES string of the molecule is CCOC1CCN(C(=NC)NCc2cc(CC)no2)CC1.I. The van der Waals surface area contributed by atoms with E-state index in [1.54, 1.807) is 0 Å². The van der Waals surface area contributed by atoms with Crippen molar-refractivity contribution in [3.63, 3.8) is 0 Å². The Labute approximate surface area is 149 Å². The smallest absolute Gasteiger partial charge is 0.194 e. The van der Waals surface area contributed by atoms with Crippen LogP contribution in [0, 0.1) is 0 Å². The number of guanidine groups is 1. The fraction of sp³-hybridized carbons (Fsp3) is 0.733. The minimum Gasteiger partial charge on any atom is -0.378 e. The molecule has 0 radical (unpaired) electrons. The van der Waals surface area contributed by atoms with Gasteiger partial charge >= 0.3 is 0 Å².